The maximum atomic E-state index is 13.4. The highest BCUT2D eigenvalue weighted by Crippen LogP contribution is 2.25. The summed E-state index contributed by atoms with van der Waals surface area (Å²) < 4.78 is 3.68. The average Bonchev–Trinajstić information content (AvgIpc) is 3.44. The van der Waals surface area contributed by atoms with E-state index in [0.717, 1.165) is 36.9 Å². The molecule has 1 saturated heterocycles. The predicted molar refractivity (Wildman–Crippen MR) is 130 cm³/mol. The molecule has 0 saturated carbocycles. The Balaban J connectivity index is 1.26. The molecule has 0 aliphatic carbocycles. The standard InChI is InChI=1S/C26H28N6O2/c1-30-15-11-22(29-30)25(33)28-21-8-3-2-7-20(21)26(34)32-14-4-6-19(10-16-32)18-23-24-9-5-13-31(24)17-12-27-23/h2-3,5,7-9,11-13,15,17,19H,4,6,10,14,16,18H2,1H3,(H,28,33)/t19-/m0/s1. The summed E-state index contributed by atoms with van der Waals surface area (Å²) in [6.45, 7) is 1.40. The van der Waals surface area contributed by atoms with Crippen LogP contribution in [0, 0.1) is 5.92 Å². The summed E-state index contributed by atoms with van der Waals surface area (Å²) >= 11 is 0. The zero-order valence-electron chi connectivity index (χ0n) is 19.2. The van der Waals surface area contributed by atoms with E-state index >= 15 is 0 Å². The average molecular weight is 457 g/mol. The van der Waals surface area contributed by atoms with Crippen molar-refractivity contribution in [3.63, 3.8) is 0 Å². The molecule has 0 spiro atoms. The monoisotopic (exact) mass is 456 g/mol. The molecule has 174 valence electrons. The number of anilines is 1. The molecule has 2 amide bonds. The van der Waals surface area contributed by atoms with Gasteiger partial charge in [0.15, 0.2) is 5.69 Å². The summed E-state index contributed by atoms with van der Waals surface area (Å²) in [6.07, 6.45) is 11.4. The Morgan fingerprint density at radius 2 is 1.91 bits per heavy atom. The molecule has 1 fully saturated rings. The largest absolute Gasteiger partial charge is 0.339 e. The first kappa shape index (κ1) is 21.9. The van der Waals surface area contributed by atoms with Crippen molar-refractivity contribution >= 4 is 23.0 Å². The highest BCUT2D eigenvalue weighted by atomic mass is 16.2. The van der Waals surface area contributed by atoms with E-state index in [0.29, 0.717) is 36.0 Å². The van der Waals surface area contributed by atoms with Crippen LogP contribution in [0.2, 0.25) is 0 Å². The SMILES string of the molecule is Cn1ccc(C(=O)Nc2ccccc2C(=O)N2CCC[C@H](Cc3nccn4cccc34)CC2)n1. The lowest BCUT2D eigenvalue weighted by Gasteiger charge is -2.22. The highest BCUT2D eigenvalue weighted by molar-refractivity contribution is 6.08. The van der Waals surface area contributed by atoms with Gasteiger partial charge in [0.2, 0.25) is 0 Å². The second kappa shape index (κ2) is 9.51. The lowest BCUT2D eigenvalue weighted by molar-refractivity contribution is 0.0761. The van der Waals surface area contributed by atoms with Crippen LogP contribution in [0.25, 0.3) is 5.52 Å². The van der Waals surface area contributed by atoms with E-state index in [1.54, 1.807) is 36.1 Å². The van der Waals surface area contributed by atoms with Crippen molar-refractivity contribution in [2.24, 2.45) is 13.0 Å². The van der Waals surface area contributed by atoms with Gasteiger partial charge in [-0.05, 0) is 61.9 Å². The molecule has 0 unspecified atom stereocenters. The number of rotatable bonds is 5. The van der Waals surface area contributed by atoms with E-state index in [9.17, 15) is 9.59 Å². The molecule has 34 heavy (non-hydrogen) atoms. The van der Waals surface area contributed by atoms with Crippen molar-refractivity contribution in [3.8, 4) is 0 Å². The number of hydrogen-bond acceptors (Lipinski definition) is 4. The Hall–Kier alpha value is -3.94. The van der Waals surface area contributed by atoms with Crippen molar-refractivity contribution < 1.29 is 9.59 Å². The minimum Gasteiger partial charge on any atom is -0.339 e. The summed E-state index contributed by atoms with van der Waals surface area (Å²) in [6, 6.07) is 13.0. The maximum absolute atomic E-state index is 13.4. The number of likely N-dealkylation sites (tertiary alicyclic amines) is 1. The third-order valence-corrected chi connectivity index (χ3v) is 6.50. The zero-order chi connectivity index (χ0) is 23.5. The Kier molecular flexibility index (Phi) is 6.12. The number of carbonyl (C=O) groups excluding carboxylic acids is 2. The van der Waals surface area contributed by atoms with Gasteiger partial charge in [-0.2, -0.15) is 5.10 Å². The first-order chi connectivity index (χ1) is 16.6. The van der Waals surface area contributed by atoms with Crippen LogP contribution in [0.4, 0.5) is 5.69 Å². The van der Waals surface area contributed by atoms with Gasteiger partial charge in [0.25, 0.3) is 11.8 Å². The summed E-state index contributed by atoms with van der Waals surface area (Å²) in [5, 5.41) is 7.00. The van der Waals surface area contributed by atoms with Crippen molar-refractivity contribution in [2.75, 3.05) is 18.4 Å². The molecule has 4 heterocycles. The number of amides is 2. The van der Waals surface area contributed by atoms with E-state index in [2.05, 4.69) is 25.9 Å². The molecule has 0 radical (unpaired) electrons. The van der Waals surface area contributed by atoms with E-state index in [1.807, 2.05) is 41.7 Å². The third-order valence-electron chi connectivity index (χ3n) is 6.50. The summed E-state index contributed by atoms with van der Waals surface area (Å²) in [5.74, 6) is 0.0960. The topological polar surface area (TPSA) is 84.5 Å². The minimum absolute atomic E-state index is 0.0515. The van der Waals surface area contributed by atoms with Crippen LogP contribution in [0.15, 0.2) is 67.3 Å². The number of benzene rings is 1. The highest BCUT2D eigenvalue weighted by Gasteiger charge is 2.25. The molecule has 1 aliphatic heterocycles. The normalized spacial score (nSPS) is 16.4. The molecule has 1 atom stereocenters. The Morgan fingerprint density at radius 1 is 1.03 bits per heavy atom. The summed E-state index contributed by atoms with van der Waals surface area (Å²) in [7, 11) is 1.76. The lowest BCUT2D eigenvalue weighted by atomic mass is 9.95. The van der Waals surface area contributed by atoms with Crippen LogP contribution >= 0.6 is 0 Å². The van der Waals surface area contributed by atoms with Crippen LogP contribution in [-0.2, 0) is 13.5 Å². The van der Waals surface area contributed by atoms with E-state index in [1.165, 1.54) is 0 Å². The van der Waals surface area contributed by atoms with Gasteiger partial charge >= 0.3 is 0 Å². The molecule has 5 rings (SSSR count). The Bertz CT molecular complexity index is 1320. The fourth-order valence-corrected chi connectivity index (χ4v) is 4.70. The zero-order valence-corrected chi connectivity index (χ0v) is 19.2. The van der Waals surface area contributed by atoms with E-state index < -0.39 is 0 Å². The van der Waals surface area contributed by atoms with Crippen LogP contribution in [0.3, 0.4) is 0 Å². The first-order valence-corrected chi connectivity index (χ1v) is 11.7. The smallest absolute Gasteiger partial charge is 0.276 e. The molecule has 0 bridgehead atoms. The molecule has 3 aromatic heterocycles. The summed E-state index contributed by atoms with van der Waals surface area (Å²) in [5.41, 5.74) is 3.59. The number of fused-ring (bicyclic) bond motifs is 1. The lowest BCUT2D eigenvalue weighted by Crippen LogP contribution is -2.33. The Labute approximate surface area is 198 Å². The fraction of sp³-hybridized carbons (Fsp3) is 0.308. The fourth-order valence-electron chi connectivity index (χ4n) is 4.70. The van der Waals surface area contributed by atoms with Crippen LogP contribution in [-0.4, -0.2) is 49.0 Å². The molecule has 8 heteroatoms. The van der Waals surface area contributed by atoms with Gasteiger partial charge < -0.3 is 14.6 Å². The van der Waals surface area contributed by atoms with Crippen LogP contribution in [0.1, 0.15) is 45.8 Å². The van der Waals surface area contributed by atoms with Gasteiger partial charge in [0.05, 0.1) is 22.5 Å². The van der Waals surface area contributed by atoms with E-state index in [-0.39, 0.29) is 11.8 Å². The first-order valence-electron chi connectivity index (χ1n) is 11.7. The number of nitrogens with zero attached hydrogens (tertiary/aromatic N) is 5. The van der Waals surface area contributed by atoms with Crippen molar-refractivity contribution in [3.05, 3.63) is 84.2 Å². The second-order valence-electron chi connectivity index (χ2n) is 8.84. The quantitative estimate of drug-likeness (QED) is 0.495. The molecule has 1 aromatic carbocycles. The predicted octanol–water partition coefficient (Wildman–Crippen LogP) is 3.81. The van der Waals surface area contributed by atoms with Gasteiger partial charge in [-0.15, -0.1) is 0 Å². The van der Waals surface area contributed by atoms with Crippen molar-refractivity contribution in [1.82, 2.24) is 24.1 Å². The second-order valence-corrected chi connectivity index (χ2v) is 8.84. The van der Waals surface area contributed by atoms with Gasteiger partial charge in [-0.25, -0.2) is 0 Å². The van der Waals surface area contributed by atoms with Gasteiger partial charge in [-0.1, -0.05) is 12.1 Å². The summed E-state index contributed by atoms with van der Waals surface area (Å²) in [4.78, 5) is 32.6. The molecule has 4 aromatic rings. The van der Waals surface area contributed by atoms with Gasteiger partial charge in [0.1, 0.15) is 0 Å². The number of aryl methyl sites for hydroxylation is 1. The third kappa shape index (κ3) is 4.57. The maximum Gasteiger partial charge on any atom is 0.276 e. The number of hydrogen-bond donors (Lipinski definition) is 1. The number of para-hydroxylation sites is 1. The van der Waals surface area contributed by atoms with Crippen molar-refractivity contribution in [1.29, 1.82) is 0 Å². The number of nitrogens with one attached hydrogen (secondary N) is 1. The molecular formula is C26H28N6O2. The molecule has 8 nitrogen and oxygen atoms in total. The van der Waals surface area contributed by atoms with E-state index in [4.69, 9.17) is 0 Å². The Morgan fingerprint density at radius 3 is 2.76 bits per heavy atom. The van der Waals surface area contributed by atoms with Gasteiger partial charge in [-0.3, -0.25) is 19.3 Å². The number of aromatic nitrogens is 4. The molecule has 1 N–H and O–H groups in total. The molecule has 1 aliphatic rings. The van der Waals surface area contributed by atoms with Crippen molar-refractivity contribution in [2.45, 2.75) is 25.7 Å². The molecular weight excluding hydrogens is 428 g/mol. The minimum atomic E-state index is -0.330. The van der Waals surface area contributed by atoms with Crippen LogP contribution in [0.5, 0.6) is 0 Å². The van der Waals surface area contributed by atoms with Crippen LogP contribution < -0.4 is 5.32 Å². The van der Waals surface area contributed by atoms with Gasteiger partial charge in [0, 0.05) is 44.9 Å². The number of carbonyl (C=O) groups is 2.